The van der Waals surface area contributed by atoms with Crippen LogP contribution in [0.3, 0.4) is 0 Å². The van der Waals surface area contributed by atoms with Gasteiger partial charge in [0.05, 0.1) is 0 Å². The lowest BCUT2D eigenvalue weighted by molar-refractivity contribution is 0.635. The molecule has 0 aliphatic rings. The fourth-order valence-electron chi connectivity index (χ4n) is 1.65. The Balaban J connectivity index is 1.88. The maximum Gasteiger partial charge on any atom is 0.0357 e. The van der Waals surface area contributed by atoms with Crippen LogP contribution >= 0.6 is 11.3 Å². The van der Waals surface area contributed by atoms with Gasteiger partial charge in [-0.3, -0.25) is 0 Å². The largest absolute Gasteiger partial charge is 0.363 e. The van der Waals surface area contributed by atoms with Crippen LogP contribution in [0.1, 0.15) is 25.5 Å². The Bertz CT molecular complexity index is 403. The zero-order valence-corrected chi connectivity index (χ0v) is 10.4. The van der Waals surface area contributed by atoms with Gasteiger partial charge in [-0.05, 0) is 30.5 Å². The second-order valence-corrected chi connectivity index (χ2v) is 4.87. The average molecular weight is 234 g/mol. The molecule has 0 spiro atoms. The van der Waals surface area contributed by atoms with Crippen LogP contribution in [-0.4, -0.2) is 11.5 Å². The van der Waals surface area contributed by atoms with Gasteiger partial charge < -0.3 is 10.3 Å². The predicted molar refractivity (Wildman–Crippen MR) is 70.7 cm³/mol. The summed E-state index contributed by atoms with van der Waals surface area (Å²) in [6.07, 6.45) is 4.58. The summed E-state index contributed by atoms with van der Waals surface area (Å²) in [7, 11) is 0. The van der Waals surface area contributed by atoms with E-state index in [9.17, 15) is 0 Å². The number of nitrogens with one attached hydrogen (secondary N) is 2. The number of hydrogen-bond donors (Lipinski definition) is 2. The molecule has 0 atom stereocenters. The first kappa shape index (κ1) is 11.4. The van der Waals surface area contributed by atoms with E-state index in [1.807, 2.05) is 0 Å². The number of aromatic nitrogens is 1. The van der Waals surface area contributed by atoms with Crippen LogP contribution < -0.4 is 5.32 Å². The Labute approximate surface area is 101 Å². The molecule has 0 fully saturated rings. The minimum Gasteiger partial charge on any atom is -0.363 e. The standard InChI is InChI=1S/C13H18N2S/c1-2-3-6-14-10-12-8-11(9-15-12)13-5-4-7-16-13/h4-5,7-9,14-15H,2-3,6,10H2,1H3. The highest BCUT2D eigenvalue weighted by Crippen LogP contribution is 2.24. The van der Waals surface area contributed by atoms with Gasteiger partial charge in [-0.1, -0.05) is 19.4 Å². The summed E-state index contributed by atoms with van der Waals surface area (Å²) in [5.74, 6) is 0. The fraction of sp³-hybridized carbons (Fsp3) is 0.385. The van der Waals surface area contributed by atoms with Crippen LogP contribution in [-0.2, 0) is 6.54 Å². The van der Waals surface area contributed by atoms with E-state index in [0.29, 0.717) is 0 Å². The molecule has 86 valence electrons. The minimum atomic E-state index is 0.936. The third-order valence-corrected chi connectivity index (χ3v) is 3.49. The zero-order valence-electron chi connectivity index (χ0n) is 9.62. The number of thiophene rings is 1. The summed E-state index contributed by atoms with van der Waals surface area (Å²) in [4.78, 5) is 4.64. The molecule has 3 heteroatoms. The van der Waals surface area contributed by atoms with Gasteiger partial charge in [0.1, 0.15) is 0 Å². The van der Waals surface area contributed by atoms with Gasteiger partial charge in [0.15, 0.2) is 0 Å². The molecule has 2 rings (SSSR count). The van der Waals surface area contributed by atoms with E-state index in [1.54, 1.807) is 11.3 Å². The van der Waals surface area contributed by atoms with Crippen molar-refractivity contribution >= 4 is 11.3 Å². The first-order valence-corrected chi connectivity index (χ1v) is 6.70. The summed E-state index contributed by atoms with van der Waals surface area (Å²) in [6, 6.07) is 6.47. The van der Waals surface area contributed by atoms with Crippen LogP contribution in [0.25, 0.3) is 10.4 Å². The fourth-order valence-corrected chi connectivity index (χ4v) is 2.37. The van der Waals surface area contributed by atoms with Crippen molar-refractivity contribution < 1.29 is 0 Å². The van der Waals surface area contributed by atoms with Crippen molar-refractivity contribution in [2.24, 2.45) is 0 Å². The molecule has 2 heterocycles. The summed E-state index contributed by atoms with van der Waals surface area (Å²) in [6.45, 7) is 4.25. The van der Waals surface area contributed by atoms with E-state index in [2.05, 4.69) is 47.0 Å². The molecule has 0 saturated carbocycles. The summed E-state index contributed by atoms with van der Waals surface area (Å²) >= 11 is 1.78. The number of aromatic amines is 1. The highest BCUT2D eigenvalue weighted by atomic mass is 32.1. The van der Waals surface area contributed by atoms with E-state index in [-0.39, 0.29) is 0 Å². The number of hydrogen-bond acceptors (Lipinski definition) is 2. The van der Waals surface area contributed by atoms with E-state index in [0.717, 1.165) is 13.1 Å². The molecule has 2 N–H and O–H groups in total. The van der Waals surface area contributed by atoms with Crippen LogP contribution in [0.2, 0.25) is 0 Å². The molecule has 0 saturated heterocycles. The molecule has 0 aliphatic carbocycles. The van der Waals surface area contributed by atoms with Crippen molar-refractivity contribution in [3.63, 3.8) is 0 Å². The maximum absolute atomic E-state index is 3.43. The number of H-pyrrole nitrogens is 1. The molecular weight excluding hydrogens is 216 g/mol. The molecule has 2 nitrogen and oxygen atoms in total. The monoisotopic (exact) mass is 234 g/mol. The highest BCUT2D eigenvalue weighted by molar-refractivity contribution is 7.13. The van der Waals surface area contributed by atoms with Crippen LogP contribution in [0, 0.1) is 0 Å². The molecule has 2 aromatic heterocycles. The molecule has 0 bridgehead atoms. The van der Waals surface area contributed by atoms with Gasteiger partial charge in [-0.2, -0.15) is 0 Å². The lowest BCUT2D eigenvalue weighted by atomic mass is 10.2. The van der Waals surface area contributed by atoms with Crippen molar-refractivity contribution in [3.8, 4) is 10.4 Å². The SMILES string of the molecule is CCCCNCc1cc(-c2cccs2)c[nH]1. The summed E-state index contributed by atoms with van der Waals surface area (Å²) in [5, 5.41) is 5.55. The number of rotatable bonds is 6. The van der Waals surface area contributed by atoms with Crippen molar-refractivity contribution in [1.82, 2.24) is 10.3 Å². The third-order valence-electron chi connectivity index (χ3n) is 2.57. The lowest BCUT2D eigenvalue weighted by Gasteiger charge is -2.00. The normalized spacial score (nSPS) is 10.8. The Morgan fingerprint density at radius 2 is 2.38 bits per heavy atom. The summed E-state index contributed by atoms with van der Waals surface area (Å²) in [5.41, 5.74) is 2.56. The van der Waals surface area contributed by atoms with Gasteiger partial charge >= 0.3 is 0 Å². The Kier molecular flexibility index (Phi) is 4.19. The Morgan fingerprint density at radius 1 is 1.44 bits per heavy atom. The van der Waals surface area contributed by atoms with Gasteiger partial charge in [-0.25, -0.2) is 0 Å². The third kappa shape index (κ3) is 2.97. The molecular formula is C13H18N2S. The Morgan fingerprint density at radius 3 is 3.12 bits per heavy atom. The van der Waals surface area contributed by atoms with Crippen LogP contribution in [0.5, 0.6) is 0 Å². The first-order chi connectivity index (χ1) is 7.90. The second-order valence-electron chi connectivity index (χ2n) is 3.92. The molecule has 0 amide bonds. The van der Waals surface area contributed by atoms with Gasteiger partial charge in [0.2, 0.25) is 0 Å². The first-order valence-electron chi connectivity index (χ1n) is 5.82. The molecule has 0 aliphatic heterocycles. The van der Waals surface area contributed by atoms with E-state index >= 15 is 0 Å². The van der Waals surface area contributed by atoms with Gasteiger partial charge in [0, 0.05) is 28.9 Å². The molecule has 0 aromatic carbocycles. The quantitative estimate of drug-likeness (QED) is 0.734. The highest BCUT2D eigenvalue weighted by Gasteiger charge is 2.01. The molecule has 0 unspecified atom stereocenters. The summed E-state index contributed by atoms with van der Waals surface area (Å²) < 4.78 is 0. The minimum absolute atomic E-state index is 0.936. The molecule has 16 heavy (non-hydrogen) atoms. The van der Waals surface area contributed by atoms with Crippen molar-refractivity contribution in [2.75, 3.05) is 6.54 Å². The van der Waals surface area contributed by atoms with Crippen molar-refractivity contribution in [3.05, 3.63) is 35.5 Å². The average Bonchev–Trinajstić information content (AvgIpc) is 2.94. The molecule has 2 aromatic rings. The zero-order chi connectivity index (χ0) is 11.2. The smallest absolute Gasteiger partial charge is 0.0357 e. The molecule has 0 radical (unpaired) electrons. The van der Waals surface area contributed by atoms with Crippen molar-refractivity contribution in [2.45, 2.75) is 26.3 Å². The van der Waals surface area contributed by atoms with Crippen molar-refractivity contribution in [1.29, 1.82) is 0 Å². The number of unbranched alkanes of at least 4 members (excludes halogenated alkanes) is 1. The van der Waals surface area contributed by atoms with Crippen LogP contribution in [0.4, 0.5) is 0 Å². The predicted octanol–water partition coefficient (Wildman–Crippen LogP) is 3.63. The van der Waals surface area contributed by atoms with E-state index in [4.69, 9.17) is 0 Å². The topological polar surface area (TPSA) is 27.8 Å². The Hall–Kier alpha value is -1.06. The van der Waals surface area contributed by atoms with E-state index in [1.165, 1.54) is 29.0 Å². The maximum atomic E-state index is 3.43. The van der Waals surface area contributed by atoms with Gasteiger partial charge in [0.25, 0.3) is 0 Å². The lowest BCUT2D eigenvalue weighted by Crippen LogP contribution is -2.14. The second kappa shape index (κ2) is 5.87. The van der Waals surface area contributed by atoms with E-state index < -0.39 is 0 Å². The van der Waals surface area contributed by atoms with Crippen LogP contribution in [0.15, 0.2) is 29.8 Å². The van der Waals surface area contributed by atoms with Gasteiger partial charge in [-0.15, -0.1) is 11.3 Å².